The standard InChI is InChI=1S/C11H18O2/c1-2-3-5-9-6-4-7-10(12)8-11(9)13/h4,6,9,11,13H,2-3,5,7-8H2,1H3/t9-,11-/m1/s1. The van der Waals surface area contributed by atoms with Crippen molar-refractivity contribution in [2.45, 2.75) is 45.1 Å². The van der Waals surface area contributed by atoms with Gasteiger partial charge in [0.15, 0.2) is 0 Å². The molecule has 0 aromatic rings. The van der Waals surface area contributed by atoms with Gasteiger partial charge in [0.1, 0.15) is 5.78 Å². The molecule has 0 aromatic carbocycles. The van der Waals surface area contributed by atoms with E-state index in [-0.39, 0.29) is 11.7 Å². The van der Waals surface area contributed by atoms with E-state index in [1.165, 1.54) is 0 Å². The van der Waals surface area contributed by atoms with E-state index in [9.17, 15) is 9.90 Å². The lowest BCUT2D eigenvalue weighted by Crippen LogP contribution is -2.20. The molecule has 2 nitrogen and oxygen atoms in total. The minimum Gasteiger partial charge on any atom is -0.392 e. The number of carbonyl (C=O) groups excluding carboxylic acids is 1. The molecule has 0 heterocycles. The van der Waals surface area contributed by atoms with Crippen molar-refractivity contribution in [3.05, 3.63) is 12.2 Å². The number of Topliss-reactive ketones (excluding diaryl/α,β-unsaturated/α-hetero) is 1. The number of aliphatic hydroxyl groups is 1. The van der Waals surface area contributed by atoms with Gasteiger partial charge in [0.05, 0.1) is 6.10 Å². The molecule has 0 aliphatic heterocycles. The van der Waals surface area contributed by atoms with Crippen LogP contribution in [0.3, 0.4) is 0 Å². The molecule has 74 valence electrons. The summed E-state index contributed by atoms with van der Waals surface area (Å²) in [5.41, 5.74) is 0. The Bertz CT molecular complexity index is 196. The summed E-state index contributed by atoms with van der Waals surface area (Å²) in [6.45, 7) is 2.14. The summed E-state index contributed by atoms with van der Waals surface area (Å²) < 4.78 is 0. The SMILES string of the molecule is CCCC[C@@H]1C=CCC(=O)C[C@H]1O. The molecule has 0 bridgehead atoms. The minimum absolute atomic E-state index is 0.155. The maximum absolute atomic E-state index is 11.1. The van der Waals surface area contributed by atoms with Gasteiger partial charge in [-0.1, -0.05) is 31.9 Å². The van der Waals surface area contributed by atoms with Crippen LogP contribution in [0.25, 0.3) is 0 Å². The topological polar surface area (TPSA) is 37.3 Å². The van der Waals surface area contributed by atoms with Crippen LogP contribution in [-0.4, -0.2) is 17.0 Å². The Kier molecular flexibility index (Phi) is 4.16. The predicted octanol–water partition coefficient (Wildman–Crippen LogP) is 2.07. The average molecular weight is 182 g/mol. The zero-order chi connectivity index (χ0) is 9.68. The lowest BCUT2D eigenvalue weighted by Gasteiger charge is -2.16. The van der Waals surface area contributed by atoms with Gasteiger partial charge in [0.25, 0.3) is 0 Å². The second kappa shape index (κ2) is 5.18. The van der Waals surface area contributed by atoms with Crippen LogP contribution in [0.15, 0.2) is 12.2 Å². The zero-order valence-electron chi connectivity index (χ0n) is 8.20. The van der Waals surface area contributed by atoms with Crippen molar-refractivity contribution < 1.29 is 9.90 Å². The number of allylic oxidation sites excluding steroid dienone is 1. The Hall–Kier alpha value is -0.630. The van der Waals surface area contributed by atoms with Crippen molar-refractivity contribution in [1.29, 1.82) is 0 Å². The highest BCUT2D eigenvalue weighted by Gasteiger charge is 2.21. The molecule has 0 amide bonds. The van der Waals surface area contributed by atoms with E-state index in [4.69, 9.17) is 0 Å². The van der Waals surface area contributed by atoms with Crippen molar-refractivity contribution in [2.24, 2.45) is 5.92 Å². The molecule has 0 fully saturated rings. The normalized spacial score (nSPS) is 28.9. The molecule has 0 spiro atoms. The highest BCUT2D eigenvalue weighted by Crippen LogP contribution is 2.20. The molecule has 0 saturated heterocycles. The highest BCUT2D eigenvalue weighted by molar-refractivity contribution is 5.80. The monoisotopic (exact) mass is 182 g/mol. The molecule has 2 atom stereocenters. The lowest BCUT2D eigenvalue weighted by molar-refractivity contribution is -0.120. The van der Waals surface area contributed by atoms with Crippen molar-refractivity contribution in [2.75, 3.05) is 0 Å². The van der Waals surface area contributed by atoms with Gasteiger partial charge < -0.3 is 5.11 Å². The Morgan fingerprint density at radius 2 is 2.38 bits per heavy atom. The third-order valence-corrected chi connectivity index (χ3v) is 2.55. The third-order valence-electron chi connectivity index (χ3n) is 2.55. The van der Waals surface area contributed by atoms with Crippen molar-refractivity contribution in [3.63, 3.8) is 0 Å². The van der Waals surface area contributed by atoms with Crippen LogP contribution >= 0.6 is 0 Å². The minimum atomic E-state index is -0.446. The van der Waals surface area contributed by atoms with E-state index in [0.717, 1.165) is 19.3 Å². The fourth-order valence-electron chi connectivity index (χ4n) is 1.70. The van der Waals surface area contributed by atoms with E-state index in [0.29, 0.717) is 12.8 Å². The van der Waals surface area contributed by atoms with Crippen molar-refractivity contribution in [3.8, 4) is 0 Å². The summed E-state index contributed by atoms with van der Waals surface area (Å²) in [6.07, 6.45) is 7.57. The number of aliphatic hydroxyl groups excluding tert-OH is 1. The summed E-state index contributed by atoms with van der Waals surface area (Å²) >= 11 is 0. The van der Waals surface area contributed by atoms with Crippen LogP contribution in [0.5, 0.6) is 0 Å². The first-order valence-corrected chi connectivity index (χ1v) is 5.10. The first-order chi connectivity index (χ1) is 6.24. The number of rotatable bonds is 3. The summed E-state index contributed by atoms with van der Waals surface area (Å²) in [5, 5.41) is 9.67. The summed E-state index contributed by atoms with van der Waals surface area (Å²) in [5.74, 6) is 0.356. The Morgan fingerprint density at radius 1 is 1.62 bits per heavy atom. The van der Waals surface area contributed by atoms with E-state index in [1.54, 1.807) is 0 Å². The number of hydrogen-bond donors (Lipinski definition) is 1. The molecule has 1 aliphatic carbocycles. The number of unbranched alkanes of at least 4 members (excludes halogenated alkanes) is 1. The molecular weight excluding hydrogens is 164 g/mol. The van der Waals surface area contributed by atoms with E-state index in [2.05, 4.69) is 6.92 Å². The summed E-state index contributed by atoms with van der Waals surface area (Å²) in [7, 11) is 0. The quantitative estimate of drug-likeness (QED) is 0.678. The van der Waals surface area contributed by atoms with Crippen LogP contribution < -0.4 is 0 Å². The van der Waals surface area contributed by atoms with Gasteiger partial charge in [0, 0.05) is 18.8 Å². The molecule has 0 saturated carbocycles. The Morgan fingerprint density at radius 3 is 3.08 bits per heavy atom. The largest absolute Gasteiger partial charge is 0.392 e. The smallest absolute Gasteiger partial charge is 0.139 e. The second-order valence-electron chi connectivity index (χ2n) is 3.75. The number of ketones is 1. The highest BCUT2D eigenvalue weighted by atomic mass is 16.3. The molecular formula is C11H18O2. The van der Waals surface area contributed by atoms with Crippen LogP contribution in [0, 0.1) is 5.92 Å². The molecule has 0 unspecified atom stereocenters. The molecule has 1 N–H and O–H groups in total. The van der Waals surface area contributed by atoms with E-state index >= 15 is 0 Å². The van der Waals surface area contributed by atoms with Gasteiger partial charge in [-0.05, 0) is 6.42 Å². The maximum atomic E-state index is 11.1. The fourth-order valence-corrected chi connectivity index (χ4v) is 1.70. The summed E-state index contributed by atoms with van der Waals surface area (Å²) in [6, 6.07) is 0. The molecule has 1 rings (SSSR count). The number of hydrogen-bond acceptors (Lipinski definition) is 2. The summed E-state index contributed by atoms with van der Waals surface area (Å²) in [4.78, 5) is 11.1. The maximum Gasteiger partial charge on any atom is 0.139 e. The Labute approximate surface area is 79.6 Å². The molecule has 0 radical (unpaired) electrons. The van der Waals surface area contributed by atoms with E-state index < -0.39 is 6.10 Å². The molecule has 1 aliphatic rings. The van der Waals surface area contributed by atoms with Crippen molar-refractivity contribution >= 4 is 5.78 Å². The second-order valence-corrected chi connectivity index (χ2v) is 3.75. The lowest BCUT2D eigenvalue weighted by atomic mass is 9.94. The van der Waals surface area contributed by atoms with Gasteiger partial charge in [-0.15, -0.1) is 0 Å². The molecule has 0 aromatic heterocycles. The first-order valence-electron chi connectivity index (χ1n) is 5.10. The zero-order valence-corrected chi connectivity index (χ0v) is 8.20. The first kappa shape index (κ1) is 10.5. The van der Waals surface area contributed by atoms with E-state index in [1.807, 2.05) is 12.2 Å². The number of carbonyl (C=O) groups is 1. The van der Waals surface area contributed by atoms with Gasteiger partial charge >= 0.3 is 0 Å². The molecule has 13 heavy (non-hydrogen) atoms. The van der Waals surface area contributed by atoms with Gasteiger partial charge in [-0.2, -0.15) is 0 Å². The van der Waals surface area contributed by atoms with Gasteiger partial charge in [-0.3, -0.25) is 4.79 Å². The Balaban J connectivity index is 2.47. The van der Waals surface area contributed by atoms with Gasteiger partial charge in [-0.25, -0.2) is 0 Å². The predicted molar refractivity (Wildman–Crippen MR) is 52.4 cm³/mol. The average Bonchev–Trinajstić information content (AvgIpc) is 2.24. The van der Waals surface area contributed by atoms with Crippen LogP contribution in [0.2, 0.25) is 0 Å². The van der Waals surface area contributed by atoms with Crippen LogP contribution in [0.1, 0.15) is 39.0 Å². The van der Waals surface area contributed by atoms with Crippen molar-refractivity contribution in [1.82, 2.24) is 0 Å². The molecule has 2 heteroatoms. The van der Waals surface area contributed by atoms with Crippen LogP contribution in [-0.2, 0) is 4.79 Å². The van der Waals surface area contributed by atoms with Crippen LogP contribution in [0.4, 0.5) is 0 Å². The third kappa shape index (κ3) is 3.31. The van der Waals surface area contributed by atoms with Gasteiger partial charge in [0.2, 0.25) is 0 Å². The fraction of sp³-hybridized carbons (Fsp3) is 0.727.